The van der Waals surface area contributed by atoms with Crippen molar-refractivity contribution in [2.45, 2.75) is 4.90 Å². The van der Waals surface area contributed by atoms with Gasteiger partial charge >= 0.3 is 0 Å². The van der Waals surface area contributed by atoms with E-state index in [-0.39, 0.29) is 0 Å². The van der Waals surface area contributed by atoms with E-state index < -0.39 is 36.7 Å². The van der Waals surface area contributed by atoms with Crippen LogP contribution >= 0.6 is 0 Å². The first kappa shape index (κ1) is 15.9. The molecule has 0 aliphatic rings. The maximum atomic E-state index is 12.7. The van der Waals surface area contributed by atoms with Crippen molar-refractivity contribution in [1.29, 1.82) is 0 Å². The summed E-state index contributed by atoms with van der Waals surface area (Å²) in [6, 6.07) is 2.77. The van der Waals surface area contributed by atoms with Crippen molar-refractivity contribution < 1.29 is 30.2 Å². The second-order valence-corrected chi connectivity index (χ2v) is 5.83. The Hall–Kier alpha value is -1.10. The standard InChI is InChI=1S/C6H5F2NO2S.CH4O3S/c7-4-2-1-3-5(6(4)8)12(9,10)11;1-5(2,3)4/h1-3H,(H2,9,10,11);1H3,(H,2,3,4). The van der Waals surface area contributed by atoms with Gasteiger partial charge in [-0.25, -0.2) is 22.3 Å². The van der Waals surface area contributed by atoms with Crippen LogP contribution in [-0.4, -0.2) is 27.6 Å². The largest absolute Gasteiger partial charge is 0.286 e. The van der Waals surface area contributed by atoms with E-state index in [4.69, 9.17) is 4.55 Å². The Morgan fingerprint density at radius 1 is 1.18 bits per heavy atom. The molecule has 0 aromatic heterocycles. The van der Waals surface area contributed by atoms with Gasteiger partial charge in [-0.2, -0.15) is 8.42 Å². The minimum Gasteiger partial charge on any atom is -0.286 e. The first-order valence-electron chi connectivity index (χ1n) is 3.82. The molecule has 3 N–H and O–H groups in total. The third-order valence-electron chi connectivity index (χ3n) is 1.22. The molecule has 6 nitrogen and oxygen atoms in total. The summed E-state index contributed by atoms with van der Waals surface area (Å²) in [6.07, 6.45) is 0.715. The topological polar surface area (TPSA) is 115 Å². The fraction of sp³-hybridized carbons (Fsp3) is 0.143. The molecule has 17 heavy (non-hydrogen) atoms. The number of hydrogen-bond donors (Lipinski definition) is 2. The average molecular weight is 289 g/mol. The van der Waals surface area contributed by atoms with Crippen molar-refractivity contribution in [3.05, 3.63) is 29.8 Å². The van der Waals surface area contributed by atoms with Crippen LogP contribution in [0.1, 0.15) is 0 Å². The van der Waals surface area contributed by atoms with Crippen molar-refractivity contribution in [3.8, 4) is 0 Å². The molecule has 0 spiro atoms. The molecule has 0 saturated heterocycles. The number of rotatable bonds is 1. The number of hydrogen-bond acceptors (Lipinski definition) is 4. The molecule has 0 amide bonds. The molecule has 1 aromatic carbocycles. The van der Waals surface area contributed by atoms with Gasteiger partial charge < -0.3 is 0 Å². The highest BCUT2D eigenvalue weighted by molar-refractivity contribution is 7.89. The summed E-state index contributed by atoms with van der Waals surface area (Å²) >= 11 is 0. The van der Waals surface area contributed by atoms with Crippen LogP contribution in [0.4, 0.5) is 8.78 Å². The van der Waals surface area contributed by atoms with E-state index in [9.17, 15) is 25.6 Å². The molecule has 1 aromatic rings. The molecule has 0 heterocycles. The van der Waals surface area contributed by atoms with Crippen molar-refractivity contribution >= 4 is 20.1 Å². The summed E-state index contributed by atoms with van der Waals surface area (Å²) in [5.41, 5.74) is 0. The molecule has 0 aliphatic carbocycles. The first-order chi connectivity index (χ1) is 7.43. The van der Waals surface area contributed by atoms with Gasteiger partial charge in [-0.15, -0.1) is 0 Å². The van der Waals surface area contributed by atoms with E-state index in [2.05, 4.69) is 5.14 Å². The van der Waals surface area contributed by atoms with Gasteiger partial charge in [0, 0.05) is 0 Å². The molecule has 98 valence electrons. The molecule has 10 heteroatoms. The number of benzene rings is 1. The van der Waals surface area contributed by atoms with E-state index in [1.807, 2.05) is 0 Å². The monoisotopic (exact) mass is 289 g/mol. The Balaban J connectivity index is 0.000000437. The number of sulfonamides is 1. The van der Waals surface area contributed by atoms with Gasteiger partial charge in [0.25, 0.3) is 10.1 Å². The predicted molar refractivity (Wildman–Crippen MR) is 55.2 cm³/mol. The highest BCUT2D eigenvalue weighted by Crippen LogP contribution is 2.14. The summed E-state index contributed by atoms with van der Waals surface area (Å²) in [5, 5.41) is 4.59. The quantitative estimate of drug-likeness (QED) is 0.712. The van der Waals surface area contributed by atoms with Gasteiger partial charge in [0.15, 0.2) is 11.6 Å². The fourth-order valence-electron chi connectivity index (χ4n) is 0.704. The fourth-order valence-corrected chi connectivity index (χ4v) is 1.32. The van der Waals surface area contributed by atoms with E-state index >= 15 is 0 Å². The maximum Gasteiger partial charge on any atom is 0.261 e. The molecular weight excluding hydrogens is 280 g/mol. The van der Waals surface area contributed by atoms with Gasteiger partial charge in [-0.05, 0) is 12.1 Å². The Bertz CT molecular complexity index is 589. The summed E-state index contributed by atoms with van der Waals surface area (Å²) < 4.78 is 72.1. The molecule has 0 bridgehead atoms. The lowest BCUT2D eigenvalue weighted by atomic mass is 10.3. The van der Waals surface area contributed by atoms with Crippen molar-refractivity contribution in [2.24, 2.45) is 5.14 Å². The van der Waals surface area contributed by atoms with Crippen LogP contribution in [0, 0.1) is 11.6 Å². The minimum absolute atomic E-state index is 0.715. The van der Waals surface area contributed by atoms with Gasteiger partial charge in [0.05, 0.1) is 6.26 Å². The molecular formula is C7H9F2NO5S2. The summed E-state index contributed by atoms with van der Waals surface area (Å²) in [5.74, 6) is -2.68. The van der Waals surface area contributed by atoms with Crippen LogP contribution in [0.3, 0.4) is 0 Å². The van der Waals surface area contributed by atoms with Crippen LogP contribution in [0.15, 0.2) is 23.1 Å². The average Bonchev–Trinajstić information content (AvgIpc) is 2.04. The summed E-state index contributed by atoms with van der Waals surface area (Å²) in [7, 11) is -7.84. The minimum atomic E-state index is -4.17. The number of nitrogens with two attached hydrogens (primary N) is 1. The van der Waals surface area contributed by atoms with Crippen molar-refractivity contribution in [1.82, 2.24) is 0 Å². The molecule has 1 rings (SSSR count). The highest BCUT2D eigenvalue weighted by Gasteiger charge is 2.16. The predicted octanol–water partition coefficient (Wildman–Crippen LogP) is 0.116. The van der Waals surface area contributed by atoms with Crippen LogP contribution in [-0.2, 0) is 20.1 Å². The van der Waals surface area contributed by atoms with Crippen LogP contribution < -0.4 is 5.14 Å². The van der Waals surface area contributed by atoms with Gasteiger partial charge in [0.2, 0.25) is 10.0 Å². The molecule has 0 atom stereocenters. The number of halogens is 2. The summed E-state index contributed by atoms with van der Waals surface area (Å²) in [6.45, 7) is 0. The Kier molecular flexibility index (Phi) is 5.13. The second kappa shape index (κ2) is 5.49. The maximum absolute atomic E-state index is 12.7. The SMILES string of the molecule is CS(=O)(=O)O.NS(=O)(=O)c1cccc(F)c1F. The Labute approximate surface area is 96.9 Å². The van der Waals surface area contributed by atoms with Gasteiger partial charge in [0.1, 0.15) is 4.90 Å². The smallest absolute Gasteiger partial charge is 0.261 e. The third-order valence-corrected chi connectivity index (χ3v) is 2.15. The van der Waals surface area contributed by atoms with Crippen LogP contribution in [0.5, 0.6) is 0 Å². The Morgan fingerprint density at radius 2 is 1.59 bits per heavy atom. The van der Waals surface area contributed by atoms with Crippen LogP contribution in [0.25, 0.3) is 0 Å². The van der Waals surface area contributed by atoms with Crippen LogP contribution in [0.2, 0.25) is 0 Å². The van der Waals surface area contributed by atoms with E-state index in [1.54, 1.807) is 0 Å². The summed E-state index contributed by atoms with van der Waals surface area (Å²) in [4.78, 5) is -0.831. The first-order valence-corrected chi connectivity index (χ1v) is 7.21. The van der Waals surface area contributed by atoms with Crippen molar-refractivity contribution in [2.75, 3.05) is 6.26 Å². The lowest BCUT2D eigenvalue weighted by molar-refractivity contribution is 0.485. The Morgan fingerprint density at radius 3 is 1.88 bits per heavy atom. The normalized spacial score (nSPS) is 11.6. The van der Waals surface area contributed by atoms with Gasteiger partial charge in [-0.1, -0.05) is 6.07 Å². The molecule has 0 unspecified atom stereocenters. The highest BCUT2D eigenvalue weighted by atomic mass is 32.2. The van der Waals surface area contributed by atoms with Gasteiger partial charge in [-0.3, -0.25) is 4.55 Å². The zero-order valence-electron chi connectivity index (χ0n) is 8.46. The van der Waals surface area contributed by atoms with Crippen molar-refractivity contribution in [3.63, 3.8) is 0 Å². The lowest BCUT2D eigenvalue weighted by Gasteiger charge is -1.99. The van der Waals surface area contributed by atoms with E-state index in [0.717, 1.165) is 18.2 Å². The lowest BCUT2D eigenvalue weighted by Crippen LogP contribution is -2.14. The zero-order chi connectivity index (χ0) is 13.9. The third kappa shape index (κ3) is 6.94. The second-order valence-electron chi connectivity index (χ2n) is 2.83. The number of primary sulfonamides is 1. The zero-order valence-corrected chi connectivity index (χ0v) is 10.1. The van der Waals surface area contributed by atoms with E-state index in [0.29, 0.717) is 6.26 Å². The molecule has 0 radical (unpaired) electrons. The molecule has 0 saturated carbocycles. The van der Waals surface area contributed by atoms with E-state index in [1.165, 1.54) is 0 Å². The molecule has 0 fully saturated rings. The molecule has 0 aliphatic heterocycles.